The van der Waals surface area contributed by atoms with Gasteiger partial charge >= 0.3 is 0 Å². The molecule has 60 valence electrons. The Morgan fingerprint density at radius 2 is 2.50 bits per heavy atom. The van der Waals surface area contributed by atoms with Crippen LogP contribution in [0, 0.1) is 0 Å². The van der Waals surface area contributed by atoms with E-state index in [1.807, 2.05) is 0 Å². The van der Waals surface area contributed by atoms with Gasteiger partial charge in [0.2, 0.25) is 0 Å². The molecule has 0 aromatic heterocycles. The van der Waals surface area contributed by atoms with Gasteiger partial charge in [-0.15, -0.1) is 0 Å². The molecule has 0 aromatic rings. The maximum Gasteiger partial charge on any atom is 0.0665 e. The highest BCUT2D eigenvalue weighted by molar-refractivity contribution is 8.00. The third kappa shape index (κ3) is 2.17. The molecule has 2 unspecified atom stereocenters. The Labute approximate surface area is 67.5 Å². The molecule has 1 fully saturated rings. The van der Waals surface area contributed by atoms with Crippen molar-refractivity contribution in [1.82, 2.24) is 0 Å². The molecular formula is C8H16OS. The molecule has 0 amide bonds. The highest BCUT2D eigenvalue weighted by atomic mass is 32.2. The molecular weight excluding hydrogens is 144 g/mol. The van der Waals surface area contributed by atoms with Crippen LogP contribution in [0.25, 0.3) is 0 Å². The SMILES string of the molecule is CCOC(C)C1CCCS1. The first-order valence-corrected chi connectivity index (χ1v) is 5.12. The predicted molar refractivity (Wildman–Crippen MR) is 46.6 cm³/mol. The summed E-state index contributed by atoms with van der Waals surface area (Å²) in [6, 6.07) is 0. The summed E-state index contributed by atoms with van der Waals surface area (Å²) < 4.78 is 5.50. The van der Waals surface area contributed by atoms with Crippen LogP contribution in [-0.4, -0.2) is 23.7 Å². The van der Waals surface area contributed by atoms with E-state index in [2.05, 4.69) is 25.6 Å². The summed E-state index contributed by atoms with van der Waals surface area (Å²) in [7, 11) is 0. The molecule has 1 aliphatic heterocycles. The summed E-state index contributed by atoms with van der Waals surface area (Å²) in [5, 5.41) is 0.778. The summed E-state index contributed by atoms with van der Waals surface area (Å²) in [5.74, 6) is 1.34. The van der Waals surface area contributed by atoms with E-state index in [9.17, 15) is 0 Å². The van der Waals surface area contributed by atoms with Crippen molar-refractivity contribution in [2.24, 2.45) is 0 Å². The van der Waals surface area contributed by atoms with Crippen LogP contribution in [0.15, 0.2) is 0 Å². The van der Waals surface area contributed by atoms with Crippen LogP contribution >= 0.6 is 11.8 Å². The lowest BCUT2D eigenvalue weighted by Crippen LogP contribution is -2.20. The quantitative estimate of drug-likeness (QED) is 0.626. The molecule has 0 N–H and O–H groups in total. The summed E-state index contributed by atoms with van der Waals surface area (Å²) >= 11 is 2.07. The van der Waals surface area contributed by atoms with Gasteiger partial charge in [0.1, 0.15) is 0 Å². The van der Waals surface area contributed by atoms with Gasteiger partial charge in [0, 0.05) is 11.9 Å². The fraction of sp³-hybridized carbons (Fsp3) is 1.00. The minimum absolute atomic E-state index is 0.470. The molecule has 1 saturated heterocycles. The minimum Gasteiger partial charge on any atom is -0.378 e. The van der Waals surface area contributed by atoms with Gasteiger partial charge in [-0.1, -0.05) is 0 Å². The van der Waals surface area contributed by atoms with Gasteiger partial charge in [-0.3, -0.25) is 0 Å². The molecule has 1 aliphatic rings. The molecule has 2 heteroatoms. The number of ether oxygens (including phenoxy) is 1. The van der Waals surface area contributed by atoms with Crippen molar-refractivity contribution in [2.45, 2.75) is 38.0 Å². The Balaban J connectivity index is 2.18. The van der Waals surface area contributed by atoms with E-state index in [4.69, 9.17) is 4.74 Å². The maximum absolute atomic E-state index is 5.50. The van der Waals surface area contributed by atoms with Crippen LogP contribution in [-0.2, 0) is 4.74 Å². The minimum atomic E-state index is 0.470. The summed E-state index contributed by atoms with van der Waals surface area (Å²) in [5.41, 5.74) is 0. The monoisotopic (exact) mass is 160 g/mol. The maximum atomic E-state index is 5.50. The van der Waals surface area contributed by atoms with E-state index in [1.54, 1.807) is 0 Å². The lowest BCUT2D eigenvalue weighted by Gasteiger charge is -2.17. The average Bonchev–Trinajstić information content (AvgIpc) is 2.38. The number of thioether (sulfide) groups is 1. The van der Waals surface area contributed by atoms with Gasteiger partial charge in [-0.2, -0.15) is 11.8 Å². The Bertz CT molecular complexity index is 89.3. The molecule has 1 rings (SSSR count). The van der Waals surface area contributed by atoms with E-state index in [-0.39, 0.29) is 0 Å². The van der Waals surface area contributed by atoms with E-state index in [0.29, 0.717) is 6.10 Å². The number of hydrogen-bond acceptors (Lipinski definition) is 2. The van der Waals surface area contributed by atoms with Crippen LogP contribution in [0.4, 0.5) is 0 Å². The Hall–Kier alpha value is 0.310. The Morgan fingerprint density at radius 1 is 1.70 bits per heavy atom. The second kappa shape index (κ2) is 4.24. The molecule has 2 atom stereocenters. The smallest absolute Gasteiger partial charge is 0.0665 e. The summed E-state index contributed by atoms with van der Waals surface area (Å²) in [6.07, 6.45) is 3.20. The van der Waals surface area contributed by atoms with E-state index in [1.165, 1.54) is 18.6 Å². The predicted octanol–water partition coefficient (Wildman–Crippen LogP) is 2.31. The van der Waals surface area contributed by atoms with Crippen LogP contribution < -0.4 is 0 Å². The first-order chi connectivity index (χ1) is 4.84. The highest BCUT2D eigenvalue weighted by Gasteiger charge is 2.21. The second-order valence-electron chi connectivity index (χ2n) is 2.71. The van der Waals surface area contributed by atoms with Crippen molar-refractivity contribution in [3.05, 3.63) is 0 Å². The Kier molecular flexibility index (Phi) is 3.57. The van der Waals surface area contributed by atoms with Crippen LogP contribution in [0.1, 0.15) is 26.7 Å². The Morgan fingerprint density at radius 3 is 3.00 bits per heavy atom. The molecule has 10 heavy (non-hydrogen) atoms. The van der Waals surface area contributed by atoms with Gasteiger partial charge < -0.3 is 4.74 Å². The van der Waals surface area contributed by atoms with Crippen molar-refractivity contribution in [1.29, 1.82) is 0 Å². The molecule has 1 heterocycles. The van der Waals surface area contributed by atoms with Crippen molar-refractivity contribution < 1.29 is 4.74 Å². The molecule has 0 aromatic carbocycles. The first-order valence-electron chi connectivity index (χ1n) is 4.07. The van der Waals surface area contributed by atoms with Gasteiger partial charge in [-0.25, -0.2) is 0 Å². The molecule has 0 saturated carbocycles. The summed E-state index contributed by atoms with van der Waals surface area (Å²) in [6.45, 7) is 5.11. The average molecular weight is 160 g/mol. The lowest BCUT2D eigenvalue weighted by molar-refractivity contribution is 0.0743. The van der Waals surface area contributed by atoms with Gasteiger partial charge in [0.25, 0.3) is 0 Å². The van der Waals surface area contributed by atoms with Gasteiger partial charge in [0.15, 0.2) is 0 Å². The topological polar surface area (TPSA) is 9.23 Å². The summed E-state index contributed by atoms with van der Waals surface area (Å²) in [4.78, 5) is 0. The van der Waals surface area contributed by atoms with Crippen molar-refractivity contribution in [3.8, 4) is 0 Å². The van der Waals surface area contributed by atoms with Crippen LogP contribution in [0.5, 0.6) is 0 Å². The molecule has 0 radical (unpaired) electrons. The molecule has 0 spiro atoms. The third-order valence-electron chi connectivity index (χ3n) is 1.92. The van der Waals surface area contributed by atoms with E-state index in [0.717, 1.165) is 11.9 Å². The van der Waals surface area contributed by atoms with E-state index >= 15 is 0 Å². The second-order valence-corrected chi connectivity index (χ2v) is 4.06. The largest absolute Gasteiger partial charge is 0.378 e. The van der Waals surface area contributed by atoms with Gasteiger partial charge in [0.05, 0.1) is 6.10 Å². The highest BCUT2D eigenvalue weighted by Crippen LogP contribution is 2.29. The molecule has 0 bridgehead atoms. The van der Waals surface area contributed by atoms with Crippen LogP contribution in [0.2, 0.25) is 0 Å². The van der Waals surface area contributed by atoms with Crippen molar-refractivity contribution in [2.75, 3.05) is 12.4 Å². The third-order valence-corrected chi connectivity index (χ3v) is 3.49. The first kappa shape index (κ1) is 8.41. The fourth-order valence-electron chi connectivity index (χ4n) is 1.34. The van der Waals surface area contributed by atoms with Crippen LogP contribution in [0.3, 0.4) is 0 Å². The van der Waals surface area contributed by atoms with Crippen molar-refractivity contribution >= 4 is 11.8 Å². The number of hydrogen-bond donors (Lipinski definition) is 0. The number of rotatable bonds is 3. The van der Waals surface area contributed by atoms with Crippen molar-refractivity contribution in [3.63, 3.8) is 0 Å². The van der Waals surface area contributed by atoms with E-state index < -0.39 is 0 Å². The fourth-order valence-corrected chi connectivity index (χ4v) is 2.66. The van der Waals surface area contributed by atoms with Gasteiger partial charge in [-0.05, 0) is 32.4 Å². The zero-order valence-electron chi connectivity index (χ0n) is 6.80. The molecule has 1 nitrogen and oxygen atoms in total. The lowest BCUT2D eigenvalue weighted by atomic mass is 10.2. The zero-order valence-corrected chi connectivity index (χ0v) is 7.62. The normalized spacial score (nSPS) is 28.8. The molecule has 0 aliphatic carbocycles. The standard InChI is InChI=1S/C8H16OS/c1-3-9-7(2)8-5-4-6-10-8/h7-8H,3-6H2,1-2H3. The zero-order chi connectivity index (χ0) is 7.40.